The fourth-order valence-corrected chi connectivity index (χ4v) is 1.99. The van der Waals surface area contributed by atoms with Gasteiger partial charge in [-0.3, -0.25) is 4.79 Å². The second-order valence-corrected chi connectivity index (χ2v) is 4.97. The number of aliphatic hydroxyl groups excluding tert-OH is 1. The molecular formula is C16H18N2O2. The Morgan fingerprint density at radius 3 is 2.50 bits per heavy atom. The van der Waals surface area contributed by atoms with E-state index < -0.39 is 5.54 Å². The van der Waals surface area contributed by atoms with Crippen LogP contribution in [0.4, 0.5) is 0 Å². The Bertz CT molecular complexity index is 598. The predicted octanol–water partition coefficient (Wildman–Crippen LogP) is 2.03. The van der Waals surface area contributed by atoms with Crippen LogP contribution in [-0.4, -0.2) is 22.6 Å². The van der Waals surface area contributed by atoms with Crippen molar-refractivity contribution in [3.05, 3.63) is 65.5 Å². The summed E-state index contributed by atoms with van der Waals surface area (Å²) in [5, 5.41) is 12.5. The average Bonchev–Trinajstić information content (AvgIpc) is 2.48. The molecule has 1 amide bonds. The Balaban J connectivity index is 2.24. The van der Waals surface area contributed by atoms with Gasteiger partial charge < -0.3 is 10.4 Å². The van der Waals surface area contributed by atoms with E-state index in [0.29, 0.717) is 5.69 Å². The van der Waals surface area contributed by atoms with Gasteiger partial charge in [0, 0.05) is 5.69 Å². The molecule has 4 nitrogen and oxygen atoms in total. The number of hydrogen-bond donors (Lipinski definition) is 2. The Labute approximate surface area is 118 Å². The molecule has 1 heterocycles. The van der Waals surface area contributed by atoms with Gasteiger partial charge in [0.2, 0.25) is 0 Å². The van der Waals surface area contributed by atoms with Gasteiger partial charge in [0.15, 0.2) is 0 Å². The monoisotopic (exact) mass is 270 g/mol. The predicted molar refractivity (Wildman–Crippen MR) is 77.3 cm³/mol. The van der Waals surface area contributed by atoms with Crippen LogP contribution in [0.5, 0.6) is 0 Å². The Kier molecular flexibility index (Phi) is 4.15. The molecule has 0 spiro atoms. The lowest BCUT2D eigenvalue weighted by atomic mass is 9.92. The highest BCUT2D eigenvalue weighted by molar-refractivity contribution is 5.92. The van der Waals surface area contributed by atoms with E-state index >= 15 is 0 Å². The summed E-state index contributed by atoms with van der Waals surface area (Å²) in [5.41, 5.74) is 1.15. The zero-order valence-electron chi connectivity index (χ0n) is 11.6. The van der Waals surface area contributed by atoms with Crippen molar-refractivity contribution in [1.82, 2.24) is 10.3 Å². The zero-order chi connectivity index (χ0) is 14.6. The first-order valence-corrected chi connectivity index (χ1v) is 6.48. The van der Waals surface area contributed by atoms with Crippen molar-refractivity contribution in [3.8, 4) is 0 Å². The second kappa shape index (κ2) is 5.84. The topological polar surface area (TPSA) is 62.2 Å². The lowest BCUT2D eigenvalue weighted by molar-refractivity contribution is 0.0844. The molecule has 20 heavy (non-hydrogen) atoms. The molecular weight excluding hydrogens is 252 g/mol. The molecule has 0 saturated heterocycles. The minimum atomic E-state index is -0.830. The molecule has 0 aliphatic carbocycles. The number of rotatable bonds is 4. The molecule has 0 saturated carbocycles. The summed E-state index contributed by atoms with van der Waals surface area (Å²) >= 11 is 0. The van der Waals surface area contributed by atoms with Crippen molar-refractivity contribution in [2.45, 2.75) is 19.4 Å². The molecule has 1 aromatic heterocycles. The van der Waals surface area contributed by atoms with E-state index in [2.05, 4.69) is 10.3 Å². The van der Waals surface area contributed by atoms with E-state index in [1.165, 1.54) is 0 Å². The lowest BCUT2D eigenvalue weighted by Gasteiger charge is -2.29. The highest BCUT2D eigenvalue weighted by Gasteiger charge is 2.28. The lowest BCUT2D eigenvalue weighted by Crippen LogP contribution is -2.46. The number of nitrogens with one attached hydrogen (secondary N) is 1. The molecule has 0 radical (unpaired) electrons. The Morgan fingerprint density at radius 2 is 1.90 bits per heavy atom. The fourth-order valence-electron chi connectivity index (χ4n) is 1.99. The quantitative estimate of drug-likeness (QED) is 0.893. The van der Waals surface area contributed by atoms with E-state index in [9.17, 15) is 9.90 Å². The van der Waals surface area contributed by atoms with Gasteiger partial charge in [0.05, 0.1) is 12.1 Å². The van der Waals surface area contributed by atoms with E-state index in [1.807, 2.05) is 43.3 Å². The molecule has 1 unspecified atom stereocenters. The first-order chi connectivity index (χ1) is 9.55. The zero-order valence-corrected chi connectivity index (χ0v) is 11.6. The molecule has 0 aliphatic heterocycles. The van der Waals surface area contributed by atoms with Crippen LogP contribution in [0.15, 0.2) is 48.5 Å². The first kappa shape index (κ1) is 14.2. The van der Waals surface area contributed by atoms with Crippen molar-refractivity contribution >= 4 is 5.91 Å². The molecule has 104 valence electrons. The molecule has 2 N–H and O–H groups in total. The van der Waals surface area contributed by atoms with Crippen molar-refractivity contribution < 1.29 is 9.90 Å². The van der Waals surface area contributed by atoms with Crippen LogP contribution in [0.2, 0.25) is 0 Å². The molecule has 2 rings (SSSR count). The number of aromatic nitrogens is 1. The van der Waals surface area contributed by atoms with Gasteiger partial charge >= 0.3 is 0 Å². The molecule has 1 atom stereocenters. The van der Waals surface area contributed by atoms with E-state index in [-0.39, 0.29) is 12.5 Å². The summed E-state index contributed by atoms with van der Waals surface area (Å²) < 4.78 is 0. The van der Waals surface area contributed by atoms with Crippen LogP contribution in [-0.2, 0) is 5.54 Å². The number of nitrogens with zero attached hydrogens (tertiary/aromatic N) is 1. The van der Waals surface area contributed by atoms with Gasteiger partial charge in [0.1, 0.15) is 5.69 Å². The molecule has 1 aromatic carbocycles. The molecule has 0 aliphatic rings. The van der Waals surface area contributed by atoms with Crippen molar-refractivity contribution in [3.63, 3.8) is 0 Å². The molecule has 4 heteroatoms. The van der Waals surface area contributed by atoms with Crippen LogP contribution in [0.3, 0.4) is 0 Å². The van der Waals surface area contributed by atoms with Crippen LogP contribution < -0.4 is 5.32 Å². The number of amides is 1. The summed E-state index contributed by atoms with van der Waals surface area (Å²) in [5.74, 6) is -0.297. The first-order valence-electron chi connectivity index (χ1n) is 6.48. The SMILES string of the molecule is Cc1cccc(C(=O)NC(C)(CO)c2ccccc2)n1. The van der Waals surface area contributed by atoms with Gasteiger partial charge in [0.25, 0.3) is 5.91 Å². The summed E-state index contributed by atoms with van der Waals surface area (Å²) in [4.78, 5) is 16.5. The molecule has 0 fully saturated rings. The van der Waals surface area contributed by atoms with Gasteiger partial charge in [-0.25, -0.2) is 4.98 Å². The largest absolute Gasteiger partial charge is 0.394 e. The maximum Gasteiger partial charge on any atom is 0.270 e. The van der Waals surface area contributed by atoms with E-state index in [0.717, 1.165) is 11.3 Å². The maximum absolute atomic E-state index is 12.3. The van der Waals surface area contributed by atoms with E-state index in [4.69, 9.17) is 0 Å². The maximum atomic E-state index is 12.3. The van der Waals surface area contributed by atoms with Crippen molar-refractivity contribution in [2.24, 2.45) is 0 Å². The van der Waals surface area contributed by atoms with Gasteiger partial charge in [-0.2, -0.15) is 0 Å². The second-order valence-electron chi connectivity index (χ2n) is 4.97. The summed E-state index contributed by atoms with van der Waals surface area (Å²) in [6, 6.07) is 14.7. The van der Waals surface area contributed by atoms with Crippen molar-refractivity contribution in [2.75, 3.05) is 6.61 Å². The van der Waals surface area contributed by atoms with Gasteiger partial charge in [-0.05, 0) is 31.5 Å². The summed E-state index contributed by atoms with van der Waals surface area (Å²) in [6.07, 6.45) is 0. The van der Waals surface area contributed by atoms with Crippen LogP contribution in [0.25, 0.3) is 0 Å². The normalized spacial score (nSPS) is 13.6. The third-order valence-corrected chi connectivity index (χ3v) is 3.24. The molecule has 2 aromatic rings. The summed E-state index contributed by atoms with van der Waals surface area (Å²) in [6.45, 7) is 3.43. The highest BCUT2D eigenvalue weighted by atomic mass is 16.3. The van der Waals surface area contributed by atoms with Crippen LogP contribution in [0, 0.1) is 6.92 Å². The Hall–Kier alpha value is -2.20. The van der Waals surface area contributed by atoms with Crippen molar-refractivity contribution in [1.29, 1.82) is 0 Å². The van der Waals surface area contributed by atoms with Crippen LogP contribution in [0.1, 0.15) is 28.7 Å². The Morgan fingerprint density at radius 1 is 1.20 bits per heavy atom. The third-order valence-electron chi connectivity index (χ3n) is 3.24. The minimum absolute atomic E-state index is 0.186. The standard InChI is InChI=1S/C16H18N2O2/c1-12-7-6-10-14(17-12)15(20)18-16(2,11-19)13-8-4-3-5-9-13/h3-10,19H,11H2,1-2H3,(H,18,20). The number of benzene rings is 1. The van der Waals surface area contributed by atoms with Gasteiger partial charge in [-0.1, -0.05) is 36.4 Å². The number of aliphatic hydroxyl groups is 1. The number of carbonyl (C=O) groups is 1. The number of hydrogen-bond acceptors (Lipinski definition) is 3. The van der Waals surface area contributed by atoms with E-state index in [1.54, 1.807) is 19.1 Å². The van der Waals surface area contributed by atoms with Gasteiger partial charge in [-0.15, -0.1) is 0 Å². The number of aryl methyl sites for hydroxylation is 1. The van der Waals surface area contributed by atoms with Crippen LogP contribution >= 0.6 is 0 Å². The average molecular weight is 270 g/mol. The minimum Gasteiger partial charge on any atom is -0.394 e. The molecule has 0 bridgehead atoms. The smallest absolute Gasteiger partial charge is 0.270 e. The third kappa shape index (κ3) is 3.03. The number of pyridine rings is 1. The fraction of sp³-hybridized carbons (Fsp3) is 0.250. The number of carbonyl (C=O) groups excluding carboxylic acids is 1. The summed E-state index contributed by atoms with van der Waals surface area (Å²) in [7, 11) is 0. The highest BCUT2D eigenvalue weighted by Crippen LogP contribution is 2.20.